The molecule has 13 heteroatoms. The lowest BCUT2D eigenvalue weighted by Crippen LogP contribution is -2.35. The Bertz CT molecular complexity index is 1140. The zero-order valence-corrected chi connectivity index (χ0v) is 16.4. The number of nitro benzene ring substituents is 1. The van der Waals surface area contributed by atoms with E-state index in [4.69, 9.17) is 35.4 Å². The van der Waals surface area contributed by atoms with Gasteiger partial charge in [-0.3, -0.25) is 20.2 Å². The molecule has 0 aliphatic rings. The molecule has 2 aromatic heterocycles. The lowest BCUT2D eigenvalue weighted by atomic mass is 10.2. The van der Waals surface area contributed by atoms with E-state index >= 15 is 0 Å². The minimum absolute atomic E-state index is 0.00941. The van der Waals surface area contributed by atoms with Gasteiger partial charge >= 0.3 is 5.69 Å². The van der Waals surface area contributed by atoms with Crippen molar-refractivity contribution >= 4 is 57.8 Å². The van der Waals surface area contributed by atoms with Crippen LogP contribution in [0, 0.1) is 15.9 Å². The molecule has 9 nitrogen and oxygen atoms in total. The van der Waals surface area contributed by atoms with Crippen LogP contribution in [0.1, 0.15) is 10.5 Å². The maximum Gasteiger partial charge on any atom is 0.306 e. The van der Waals surface area contributed by atoms with Crippen molar-refractivity contribution in [1.29, 1.82) is 0 Å². The number of thiocarbonyl (C=S) groups is 1. The monoisotopic (exact) mass is 454 g/mol. The first-order chi connectivity index (χ1) is 13.8. The molecule has 1 aromatic carbocycles. The summed E-state index contributed by atoms with van der Waals surface area (Å²) >= 11 is 17.0. The van der Waals surface area contributed by atoms with E-state index < -0.39 is 22.3 Å². The van der Waals surface area contributed by atoms with Gasteiger partial charge in [-0.1, -0.05) is 23.2 Å². The lowest BCUT2D eigenvalue weighted by molar-refractivity contribution is -0.387. The number of nitrogens with one attached hydrogen (secondary N) is 2. The highest BCUT2D eigenvalue weighted by atomic mass is 35.5. The van der Waals surface area contributed by atoms with E-state index in [1.807, 2.05) is 0 Å². The van der Waals surface area contributed by atoms with E-state index in [2.05, 4.69) is 20.7 Å². The van der Waals surface area contributed by atoms with Crippen LogP contribution in [-0.2, 0) is 0 Å². The van der Waals surface area contributed by atoms with Crippen molar-refractivity contribution in [2.24, 2.45) is 0 Å². The van der Waals surface area contributed by atoms with Crippen LogP contribution in [0.5, 0.6) is 0 Å². The smallest absolute Gasteiger partial charge is 0.306 e. The van der Waals surface area contributed by atoms with Crippen LogP contribution >= 0.6 is 35.4 Å². The number of carbonyl (C=O) groups is 1. The largest absolute Gasteiger partial charge is 0.332 e. The average Bonchev–Trinajstić information content (AvgIpc) is 3.05. The molecular formula is C16H9Cl2FN6O3S. The van der Waals surface area contributed by atoms with Crippen LogP contribution < -0.4 is 10.6 Å². The molecule has 0 aliphatic heterocycles. The van der Waals surface area contributed by atoms with E-state index in [1.165, 1.54) is 18.3 Å². The molecule has 0 saturated heterocycles. The predicted octanol–water partition coefficient (Wildman–Crippen LogP) is 3.75. The van der Waals surface area contributed by atoms with Gasteiger partial charge in [0, 0.05) is 24.0 Å². The third kappa shape index (κ3) is 4.65. The molecule has 0 spiro atoms. The summed E-state index contributed by atoms with van der Waals surface area (Å²) in [7, 11) is 0. The first-order valence-corrected chi connectivity index (χ1v) is 8.85. The molecule has 0 atom stereocenters. The molecule has 0 aliphatic carbocycles. The van der Waals surface area contributed by atoms with Crippen LogP contribution in [0.4, 0.5) is 15.8 Å². The van der Waals surface area contributed by atoms with Crippen LogP contribution in [-0.4, -0.2) is 30.7 Å². The SMILES string of the molecule is O=C(NC(=S)Nc1ccc(F)c([N+](=O)[O-])c1)c1cc(Cl)nn1-c1ncccc1Cl. The molecule has 0 saturated carbocycles. The number of aromatic nitrogens is 3. The number of halogens is 3. The molecule has 29 heavy (non-hydrogen) atoms. The summed E-state index contributed by atoms with van der Waals surface area (Å²) in [6.07, 6.45) is 1.46. The highest BCUT2D eigenvalue weighted by molar-refractivity contribution is 7.80. The maximum absolute atomic E-state index is 13.4. The van der Waals surface area contributed by atoms with E-state index in [-0.39, 0.29) is 32.5 Å². The van der Waals surface area contributed by atoms with E-state index in [9.17, 15) is 19.3 Å². The first-order valence-electron chi connectivity index (χ1n) is 7.69. The Morgan fingerprint density at radius 2 is 2.03 bits per heavy atom. The van der Waals surface area contributed by atoms with Gasteiger partial charge in [0.15, 0.2) is 16.1 Å². The molecule has 0 radical (unpaired) electrons. The zero-order chi connectivity index (χ0) is 21.1. The van der Waals surface area contributed by atoms with E-state index in [0.717, 1.165) is 16.8 Å². The highest BCUT2D eigenvalue weighted by Crippen LogP contribution is 2.22. The van der Waals surface area contributed by atoms with Crippen molar-refractivity contribution in [3.05, 3.63) is 74.4 Å². The lowest BCUT2D eigenvalue weighted by Gasteiger charge is -2.11. The van der Waals surface area contributed by atoms with Gasteiger partial charge in [0.2, 0.25) is 5.82 Å². The topological polar surface area (TPSA) is 115 Å². The summed E-state index contributed by atoms with van der Waals surface area (Å²) in [5.74, 6) is -1.51. The number of hydrogen-bond acceptors (Lipinski definition) is 6. The van der Waals surface area contributed by atoms with Gasteiger partial charge in [-0.15, -0.1) is 0 Å². The van der Waals surface area contributed by atoms with Gasteiger partial charge in [-0.2, -0.15) is 9.49 Å². The molecule has 0 bridgehead atoms. The van der Waals surface area contributed by atoms with Crippen molar-refractivity contribution in [2.45, 2.75) is 0 Å². The fourth-order valence-corrected chi connectivity index (χ4v) is 2.86. The van der Waals surface area contributed by atoms with Crippen molar-refractivity contribution in [2.75, 3.05) is 5.32 Å². The second-order valence-electron chi connectivity index (χ2n) is 5.40. The van der Waals surface area contributed by atoms with E-state index in [1.54, 1.807) is 12.1 Å². The number of pyridine rings is 1. The maximum atomic E-state index is 13.4. The van der Waals surface area contributed by atoms with Crippen molar-refractivity contribution in [1.82, 2.24) is 20.1 Å². The molecule has 3 rings (SSSR count). The molecule has 2 N–H and O–H groups in total. The van der Waals surface area contributed by atoms with Gasteiger partial charge in [0.1, 0.15) is 5.69 Å². The number of hydrogen-bond donors (Lipinski definition) is 2. The molecule has 0 fully saturated rings. The number of anilines is 1. The fourth-order valence-electron chi connectivity index (χ4n) is 2.27. The van der Waals surface area contributed by atoms with Crippen LogP contribution in [0.25, 0.3) is 5.82 Å². The number of benzene rings is 1. The molecule has 148 valence electrons. The summed E-state index contributed by atoms with van der Waals surface area (Å²) in [5, 5.41) is 19.8. The van der Waals surface area contributed by atoms with Crippen molar-refractivity contribution < 1.29 is 14.1 Å². The van der Waals surface area contributed by atoms with Crippen LogP contribution in [0.3, 0.4) is 0 Å². The van der Waals surface area contributed by atoms with Gasteiger partial charge < -0.3 is 5.32 Å². The average molecular weight is 455 g/mol. The zero-order valence-electron chi connectivity index (χ0n) is 14.1. The Hall–Kier alpha value is -3.15. The Labute approximate surface area is 177 Å². The second kappa shape index (κ2) is 8.47. The van der Waals surface area contributed by atoms with Crippen molar-refractivity contribution in [3.8, 4) is 5.82 Å². The standard InChI is InChI=1S/C16H9Cl2FN6O3S/c17-9-2-1-5-20-14(9)24-12(7-13(18)23-24)15(26)22-16(29)21-8-3-4-10(19)11(6-8)25(27)28/h1-7H,(H2,21,22,26,29). The Balaban J connectivity index is 1.79. The number of rotatable bonds is 4. The number of nitro groups is 1. The number of nitrogens with zero attached hydrogens (tertiary/aromatic N) is 4. The third-order valence-electron chi connectivity index (χ3n) is 3.48. The summed E-state index contributed by atoms with van der Waals surface area (Å²) in [5.41, 5.74) is -0.633. The van der Waals surface area contributed by atoms with Gasteiger partial charge in [-0.25, -0.2) is 9.67 Å². The first kappa shape index (κ1) is 20.6. The summed E-state index contributed by atoms with van der Waals surface area (Å²) in [6.45, 7) is 0. The van der Waals surface area contributed by atoms with Gasteiger partial charge in [-0.05, 0) is 36.5 Å². The summed E-state index contributed by atoms with van der Waals surface area (Å²) in [4.78, 5) is 26.6. The second-order valence-corrected chi connectivity index (χ2v) is 6.61. The quantitative estimate of drug-likeness (QED) is 0.350. The Kier molecular flexibility index (Phi) is 6.01. The molecule has 3 aromatic rings. The highest BCUT2D eigenvalue weighted by Gasteiger charge is 2.20. The van der Waals surface area contributed by atoms with Gasteiger partial charge in [0.25, 0.3) is 5.91 Å². The predicted molar refractivity (Wildman–Crippen MR) is 108 cm³/mol. The Morgan fingerprint density at radius 1 is 1.28 bits per heavy atom. The molecule has 2 heterocycles. The van der Waals surface area contributed by atoms with Crippen LogP contribution in [0.2, 0.25) is 10.2 Å². The van der Waals surface area contributed by atoms with E-state index in [0.29, 0.717) is 0 Å². The molecular weight excluding hydrogens is 446 g/mol. The third-order valence-corrected chi connectivity index (χ3v) is 4.16. The van der Waals surface area contributed by atoms with Gasteiger partial charge in [0.05, 0.1) is 9.95 Å². The Morgan fingerprint density at radius 3 is 2.72 bits per heavy atom. The normalized spacial score (nSPS) is 10.4. The number of amides is 1. The number of carbonyl (C=O) groups excluding carboxylic acids is 1. The summed E-state index contributed by atoms with van der Waals surface area (Å²) in [6, 6.07) is 7.54. The molecule has 0 unspecified atom stereocenters. The minimum Gasteiger partial charge on any atom is -0.332 e. The van der Waals surface area contributed by atoms with Crippen molar-refractivity contribution in [3.63, 3.8) is 0 Å². The fraction of sp³-hybridized carbons (Fsp3) is 0. The van der Waals surface area contributed by atoms with Crippen LogP contribution in [0.15, 0.2) is 42.6 Å². The minimum atomic E-state index is -0.999. The summed E-state index contributed by atoms with van der Waals surface area (Å²) < 4.78 is 14.6. The molecule has 1 amide bonds.